The summed E-state index contributed by atoms with van der Waals surface area (Å²) in [6, 6.07) is 11.1. The van der Waals surface area contributed by atoms with Crippen LogP contribution in [0, 0.1) is 13.8 Å². The van der Waals surface area contributed by atoms with Crippen molar-refractivity contribution in [3.05, 3.63) is 69.3 Å². The van der Waals surface area contributed by atoms with Crippen molar-refractivity contribution in [1.82, 2.24) is 19.7 Å². The van der Waals surface area contributed by atoms with Gasteiger partial charge in [0.1, 0.15) is 5.82 Å². The summed E-state index contributed by atoms with van der Waals surface area (Å²) >= 11 is 0. The predicted molar refractivity (Wildman–Crippen MR) is 104 cm³/mol. The van der Waals surface area contributed by atoms with Crippen molar-refractivity contribution in [2.45, 2.75) is 40.0 Å². The molecule has 0 aliphatic heterocycles. The van der Waals surface area contributed by atoms with Gasteiger partial charge in [0.05, 0.1) is 12.1 Å². The number of aromatic nitrogens is 4. The van der Waals surface area contributed by atoms with Crippen LogP contribution in [0.5, 0.6) is 0 Å². The van der Waals surface area contributed by atoms with Gasteiger partial charge in [-0.25, -0.2) is 4.98 Å². The largest absolute Gasteiger partial charge is 0.310 e. The highest BCUT2D eigenvalue weighted by molar-refractivity contribution is 5.91. The smallest absolute Gasteiger partial charge is 0.252 e. The minimum atomic E-state index is -0.242. The molecule has 2 N–H and O–H groups in total. The van der Waals surface area contributed by atoms with Gasteiger partial charge in [0, 0.05) is 17.8 Å². The number of hydrogen-bond acceptors (Lipinski definition) is 4. The molecule has 0 saturated carbocycles. The number of amides is 1. The fourth-order valence-electron chi connectivity index (χ4n) is 2.92. The minimum absolute atomic E-state index is 0.159. The molecule has 0 aliphatic carbocycles. The van der Waals surface area contributed by atoms with Crippen LogP contribution in [-0.2, 0) is 17.6 Å². The highest BCUT2D eigenvalue weighted by Crippen LogP contribution is 2.15. The molecule has 27 heavy (non-hydrogen) atoms. The molecule has 0 unspecified atom stereocenters. The van der Waals surface area contributed by atoms with E-state index in [-0.39, 0.29) is 17.9 Å². The number of anilines is 1. The topological polar surface area (TPSA) is 92.7 Å². The van der Waals surface area contributed by atoms with Gasteiger partial charge in [-0.05, 0) is 25.8 Å². The number of carbonyl (C=O) groups is 1. The SMILES string of the molecule is CCCc1cc(=O)[nH]c(-n2nc(C)cc2NC(=O)Cc2cccc(C)c2)n1. The second-order valence-corrected chi connectivity index (χ2v) is 6.61. The maximum absolute atomic E-state index is 12.5. The first kappa shape index (κ1) is 18.6. The number of hydrogen-bond donors (Lipinski definition) is 2. The van der Waals surface area contributed by atoms with E-state index in [2.05, 4.69) is 20.4 Å². The minimum Gasteiger partial charge on any atom is -0.310 e. The Morgan fingerprint density at radius 2 is 2.04 bits per heavy atom. The molecule has 1 amide bonds. The van der Waals surface area contributed by atoms with E-state index < -0.39 is 0 Å². The van der Waals surface area contributed by atoms with Gasteiger partial charge >= 0.3 is 0 Å². The van der Waals surface area contributed by atoms with Gasteiger partial charge in [0.15, 0.2) is 0 Å². The fraction of sp³-hybridized carbons (Fsp3) is 0.300. The molecule has 1 aromatic carbocycles. The molecule has 2 aromatic heterocycles. The Morgan fingerprint density at radius 1 is 1.22 bits per heavy atom. The van der Waals surface area contributed by atoms with Crippen LogP contribution in [0.2, 0.25) is 0 Å². The summed E-state index contributed by atoms with van der Waals surface area (Å²) < 4.78 is 1.46. The van der Waals surface area contributed by atoms with Gasteiger partial charge in [0.25, 0.3) is 5.56 Å². The summed E-state index contributed by atoms with van der Waals surface area (Å²) in [5.41, 5.74) is 3.21. The van der Waals surface area contributed by atoms with E-state index in [0.717, 1.165) is 17.5 Å². The molecule has 0 spiro atoms. The lowest BCUT2D eigenvalue weighted by Gasteiger charge is -2.09. The maximum atomic E-state index is 12.5. The van der Waals surface area contributed by atoms with Crippen LogP contribution in [0.1, 0.15) is 35.9 Å². The molecule has 7 heteroatoms. The first-order valence-electron chi connectivity index (χ1n) is 8.97. The van der Waals surface area contributed by atoms with E-state index in [1.54, 1.807) is 6.07 Å². The summed E-state index contributed by atoms with van der Waals surface area (Å²) in [5.74, 6) is 0.612. The third kappa shape index (κ3) is 4.69. The average molecular weight is 365 g/mol. The quantitative estimate of drug-likeness (QED) is 0.702. The summed E-state index contributed by atoms with van der Waals surface area (Å²) in [5, 5.41) is 7.23. The van der Waals surface area contributed by atoms with Crippen molar-refractivity contribution in [3.8, 4) is 5.95 Å². The molecule has 3 rings (SSSR count). The molecule has 0 fully saturated rings. The Bertz CT molecular complexity index is 1020. The molecule has 3 aromatic rings. The highest BCUT2D eigenvalue weighted by atomic mass is 16.1. The molecule has 140 valence electrons. The third-order valence-corrected chi connectivity index (χ3v) is 4.04. The number of benzene rings is 1. The van der Waals surface area contributed by atoms with Gasteiger partial charge < -0.3 is 5.32 Å². The molecule has 7 nitrogen and oxygen atoms in total. The summed E-state index contributed by atoms with van der Waals surface area (Å²) in [4.78, 5) is 31.6. The summed E-state index contributed by atoms with van der Waals surface area (Å²) in [6.07, 6.45) is 1.84. The lowest BCUT2D eigenvalue weighted by Crippen LogP contribution is -2.20. The van der Waals surface area contributed by atoms with Crippen molar-refractivity contribution in [3.63, 3.8) is 0 Å². The normalized spacial score (nSPS) is 10.8. The number of rotatable bonds is 6. The van der Waals surface area contributed by atoms with E-state index in [1.165, 1.54) is 10.7 Å². The van der Waals surface area contributed by atoms with Crippen LogP contribution in [0.3, 0.4) is 0 Å². The molecule has 2 heterocycles. The summed E-state index contributed by atoms with van der Waals surface area (Å²) in [7, 11) is 0. The van der Waals surface area contributed by atoms with Crippen LogP contribution in [0.15, 0.2) is 41.2 Å². The Morgan fingerprint density at radius 3 is 2.78 bits per heavy atom. The van der Waals surface area contributed by atoms with Crippen molar-refractivity contribution >= 4 is 11.7 Å². The maximum Gasteiger partial charge on any atom is 0.252 e. The van der Waals surface area contributed by atoms with Crippen LogP contribution in [-0.4, -0.2) is 25.7 Å². The van der Waals surface area contributed by atoms with Gasteiger partial charge in [0.2, 0.25) is 11.9 Å². The Labute approximate surface area is 157 Å². The Balaban J connectivity index is 1.86. The molecule has 0 radical (unpaired) electrons. The molecule has 0 saturated heterocycles. The van der Waals surface area contributed by atoms with Gasteiger partial charge in [-0.1, -0.05) is 43.2 Å². The van der Waals surface area contributed by atoms with E-state index in [4.69, 9.17) is 0 Å². The third-order valence-electron chi connectivity index (χ3n) is 4.04. The molecular weight excluding hydrogens is 342 g/mol. The zero-order valence-corrected chi connectivity index (χ0v) is 15.7. The van der Waals surface area contributed by atoms with E-state index in [1.807, 2.05) is 45.0 Å². The van der Waals surface area contributed by atoms with Crippen molar-refractivity contribution in [2.24, 2.45) is 0 Å². The second kappa shape index (κ2) is 7.99. The standard InChI is InChI=1S/C20H23N5O2/c1-4-6-16-12-19(27)23-20(21-16)25-17(10-14(3)24-25)22-18(26)11-15-8-5-7-13(2)9-15/h5,7-10,12H,4,6,11H2,1-3H3,(H,22,26)(H,21,23,27). The number of nitrogens with zero attached hydrogens (tertiary/aromatic N) is 3. The van der Waals surface area contributed by atoms with Gasteiger partial charge in [-0.3, -0.25) is 14.6 Å². The zero-order valence-electron chi connectivity index (χ0n) is 15.7. The molecule has 0 bridgehead atoms. The Hall–Kier alpha value is -3.22. The number of aryl methyl sites for hydroxylation is 3. The van der Waals surface area contributed by atoms with Crippen molar-refractivity contribution in [1.29, 1.82) is 0 Å². The highest BCUT2D eigenvalue weighted by Gasteiger charge is 2.14. The molecular formula is C20H23N5O2. The van der Waals surface area contributed by atoms with Gasteiger partial charge in [-0.15, -0.1) is 0 Å². The molecule has 0 atom stereocenters. The predicted octanol–water partition coefficient (Wildman–Crippen LogP) is 2.71. The van der Waals surface area contributed by atoms with Crippen LogP contribution in [0.4, 0.5) is 5.82 Å². The van der Waals surface area contributed by atoms with E-state index in [0.29, 0.717) is 29.6 Å². The molecule has 0 aliphatic rings. The first-order chi connectivity index (χ1) is 12.9. The van der Waals surface area contributed by atoms with Crippen LogP contribution < -0.4 is 10.9 Å². The average Bonchev–Trinajstić information content (AvgIpc) is 2.95. The lowest BCUT2D eigenvalue weighted by molar-refractivity contribution is -0.115. The second-order valence-electron chi connectivity index (χ2n) is 6.61. The van der Waals surface area contributed by atoms with E-state index in [9.17, 15) is 9.59 Å². The summed E-state index contributed by atoms with van der Waals surface area (Å²) in [6.45, 7) is 5.84. The number of nitrogens with one attached hydrogen (secondary N) is 2. The zero-order chi connectivity index (χ0) is 19.4. The number of H-pyrrole nitrogens is 1. The van der Waals surface area contributed by atoms with Crippen LogP contribution in [0.25, 0.3) is 5.95 Å². The monoisotopic (exact) mass is 365 g/mol. The van der Waals surface area contributed by atoms with Crippen molar-refractivity contribution < 1.29 is 4.79 Å². The number of carbonyl (C=O) groups excluding carboxylic acids is 1. The van der Waals surface area contributed by atoms with Crippen molar-refractivity contribution in [2.75, 3.05) is 5.32 Å². The van der Waals surface area contributed by atoms with Gasteiger partial charge in [-0.2, -0.15) is 9.78 Å². The number of aromatic amines is 1. The first-order valence-corrected chi connectivity index (χ1v) is 8.97. The van der Waals surface area contributed by atoms with E-state index >= 15 is 0 Å². The Kier molecular flexibility index (Phi) is 5.49. The van der Waals surface area contributed by atoms with Crippen LogP contribution >= 0.6 is 0 Å². The fourth-order valence-corrected chi connectivity index (χ4v) is 2.92. The lowest BCUT2D eigenvalue weighted by atomic mass is 10.1.